The highest BCUT2D eigenvalue weighted by atomic mass is 35.5. The van der Waals surface area contributed by atoms with Gasteiger partial charge in [0, 0.05) is 11.8 Å². The Hall–Kier alpha value is -3.17. The van der Waals surface area contributed by atoms with E-state index in [1.54, 1.807) is 18.2 Å². The van der Waals surface area contributed by atoms with Gasteiger partial charge in [0.05, 0.1) is 4.92 Å². The van der Waals surface area contributed by atoms with E-state index in [2.05, 4.69) is 5.32 Å². The normalized spacial score (nSPS) is 10.8. The number of halogens is 1. The average molecular weight is 356 g/mol. The number of anilines is 1. The first-order valence-corrected chi connectivity index (χ1v) is 7.78. The maximum Gasteiger partial charge on any atom is 0.288 e. The molecular weight excluding hydrogens is 342 g/mol. The van der Waals surface area contributed by atoms with Gasteiger partial charge in [-0.2, -0.15) is 5.26 Å². The first-order chi connectivity index (χ1) is 11.9. The highest BCUT2D eigenvalue weighted by molar-refractivity contribution is 6.32. The van der Waals surface area contributed by atoms with Gasteiger partial charge in [-0.15, -0.1) is 0 Å². The van der Waals surface area contributed by atoms with E-state index in [-0.39, 0.29) is 16.3 Å². The van der Waals surface area contributed by atoms with Crippen molar-refractivity contribution in [2.75, 3.05) is 5.32 Å². The Balaban J connectivity index is 2.24. The Morgan fingerprint density at radius 3 is 2.56 bits per heavy atom. The van der Waals surface area contributed by atoms with Gasteiger partial charge in [0.2, 0.25) is 0 Å². The summed E-state index contributed by atoms with van der Waals surface area (Å²) < 4.78 is 0. The first kappa shape index (κ1) is 18.2. The number of aryl methyl sites for hydroxylation is 1. The Labute approximate surface area is 149 Å². The lowest BCUT2D eigenvalue weighted by molar-refractivity contribution is -0.384. The van der Waals surface area contributed by atoms with Crippen molar-refractivity contribution < 1.29 is 9.72 Å². The van der Waals surface area contributed by atoms with Gasteiger partial charge >= 0.3 is 0 Å². The first-order valence-electron chi connectivity index (χ1n) is 7.40. The van der Waals surface area contributed by atoms with Crippen LogP contribution in [0.2, 0.25) is 5.02 Å². The summed E-state index contributed by atoms with van der Waals surface area (Å²) in [7, 11) is 0. The zero-order chi connectivity index (χ0) is 18.4. The molecule has 0 unspecified atom stereocenters. The van der Waals surface area contributed by atoms with Gasteiger partial charge in [-0.05, 0) is 41.8 Å². The van der Waals surface area contributed by atoms with E-state index in [0.29, 0.717) is 11.3 Å². The predicted octanol–water partition coefficient (Wildman–Crippen LogP) is 4.36. The topological polar surface area (TPSA) is 96.0 Å². The van der Waals surface area contributed by atoms with Gasteiger partial charge in [0.1, 0.15) is 16.7 Å². The summed E-state index contributed by atoms with van der Waals surface area (Å²) in [6.45, 7) is 2.02. The summed E-state index contributed by atoms with van der Waals surface area (Å²) in [5.41, 5.74) is 1.57. The molecule has 0 saturated heterocycles. The van der Waals surface area contributed by atoms with Crippen LogP contribution in [0.15, 0.2) is 48.0 Å². The standard InChI is InChI=1S/C18H14ClN3O3/c1-2-12-3-6-15(7-4-12)21-18(23)14(11-20)9-13-5-8-16(19)17(10-13)22(24)25/h3-10H,2H2,1H3,(H,21,23)/b14-9+. The molecule has 0 atom stereocenters. The number of benzene rings is 2. The van der Waals surface area contributed by atoms with Crippen LogP contribution in [0, 0.1) is 21.4 Å². The SMILES string of the molecule is CCc1ccc(NC(=O)/C(C#N)=C/c2ccc(Cl)c([N+](=O)[O-])c2)cc1. The number of carbonyl (C=O) groups excluding carboxylic acids is 1. The van der Waals surface area contributed by atoms with Gasteiger partial charge in [0.25, 0.3) is 11.6 Å². The smallest absolute Gasteiger partial charge is 0.288 e. The number of nitro groups is 1. The summed E-state index contributed by atoms with van der Waals surface area (Å²) in [4.78, 5) is 22.5. The lowest BCUT2D eigenvalue weighted by Crippen LogP contribution is -2.13. The van der Waals surface area contributed by atoms with Crippen molar-refractivity contribution in [1.82, 2.24) is 0 Å². The molecule has 1 amide bonds. The van der Waals surface area contributed by atoms with Crippen LogP contribution >= 0.6 is 11.6 Å². The number of nitrogens with one attached hydrogen (secondary N) is 1. The maximum atomic E-state index is 12.2. The summed E-state index contributed by atoms with van der Waals surface area (Å²) >= 11 is 5.75. The van der Waals surface area contributed by atoms with Crippen LogP contribution in [-0.4, -0.2) is 10.8 Å². The molecule has 7 heteroatoms. The number of rotatable bonds is 5. The van der Waals surface area contributed by atoms with Crippen LogP contribution in [0.25, 0.3) is 6.08 Å². The minimum atomic E-state index is -0.624. The third-order valence-electron chi connectivity index (χ3n) is 3.46. The molecule has 0 aliphatic rings. The monoisotopic (exact) mass is 355 g/mol. The highest BCUT2D eigenvalue weighted by Crippen LogP contribution is 2.26. The Morgan fingerprint density at radius 1 is 1.32 bits per heavy atom. The molecular formula is C18H14ClN3O3. The molecule has 2 aromatic carbocycles. The lowest BCUT2D eigenvalue weighted by atomic mass is 10.1. The largest absolute Gasteiger partial charge is 0.321 e. The van der Waals surface area contributed by atoms with Crippen molar-refractivity contribution in [1.29, 1.82) is 5.26 Å². The highest BCUT2D eigenvalue weighted by Gasteiger charge is 2.14. The maximum absolute atomic E-state index is 12.2. The van der Waals surface area contributed by atoms with Gasteiger partial charge in [0.15, 0.2) is 0 Å². The molecule has 0 heterocycles. The Kier molecular flexibility index (Phi) is 5.88. The van der Waals surface area contributed by atoms with Crippen molar-refractivity contribution in [2.45, 2.75) is 13.3 Å². The third-order valence-corrected chi connectivity index (χ3v) is 3.78. The molecule has 0 aromatic heterocycles. The summed E-state index contributed by atoms with van der Waals surface area (Å²) in [5, 5.41) is 22.7. The van der Waals surface area contributed by atoms with Crippen LogP contribution in [0.1, 0.15) is 18.1 Å². The van der Waals surface area contributed by atoms with Crippen LogP contribution in [0.3, 0.4) is 0 Å². The fourth-order valence-corrected chi connectivity index (χ4v) is 2.28. The number of hydrogen-bond donors (Lipinski definition) is 1. The number of hydrogen-bond acceptors (Lipinski definition) is 4. The predicted molar refractivity (Wildman–Crippen MR) is 96.1 cm³/mol. The van der Waals surface area contributed by atoms with Crippen molar-refractivity contribution in [3.05, 3.63) is 74.3 Å². The van der Waals surface area contributed by atoms with Gasteiger partial charge in [-0.3, -0.25) is 14.9 Å². The zero-order valence-corrected chi connectivity index (χ0v) is 14.1. The summed E-state index contributed by atoms with van der Waals surface area (Å²) in [6.07, 6.45) is 2.16. The summed E-state index contributed by atoms with van der Waals surface area (Å²) in [5.74, 6) is -0.593. The second-order valence-electron chi connectivity index (χ2n) is 5.14. The van der Waals surface area contributed by atoms with E-state index in [1.165, 1.54) is 24.3 Å². The van der Waals surface area contributed by atoms with E-state index in [1.807, 2.05) is 19.1 Å². The molecule has 0 bridgehead atoms. The number of nitrogens with zero attached hydrogens (tertiary/aromatic N) is 2. The minimum absolute atomic E-state index is 0.0128. The molecule has 0 radical (unpaired) electrons. The minimum Gasteiger partial charge on any atom is -0.321 e. The van der Waals surface area contributed by atoms with E-state index < -0.39 is 10.8 Å². The second-order valence-corrected chi connectivity index (χ2v) is 5.55. The zero-order valence-electron chi connectivity index (χ0n) is 13.3. The average Bonchev–Trinajstić information content (AvgIpc) is 2.61. The molecule has 0 aliphatic heterocycles. The third kappa shape index (κ3) is 4.66. The molecule has 25 heavy (non-hydrogen) atoms. The number of carbonyl (C=O) groups is 1. The van der Waals surface area contributed by atoms with Gasteiger partial charge in [-0.25, -0.2) is 0 Å². The summed E-state index contributed by atoms with van der Waals surface area (Å²) in [6, 6.07) is 13.1. The fourth-order valence-electron chi connectivity index (χ4n) is 2.10. The fraction of sp³-hybridized carbons (Fsp3) is 0.111. The Bertz CT molecular complexity index is 883. The second kappa shape index (κ2) is 8.08. The van der Waals surface area contributed by atoms with Crippen LogP contribution in [0.4, 0.5) is 11.4 Å². The molecule has 2 aromatic rings. The van der Waals surface area contributed by atoms with Crippen molar-refractivity contribution in [2.24, 2.45) is 0 Å². The van der Waals surface area contributed by atoms with E-state index in [0.717, 1.165) is 12.0 Å². The molecule has 0 saturated carbocycles. The van der Waals surface area contributed by atoms with Crippen molar-refractivity contribution in [3.63, 3.8) is 0 Å². The van der Waals surface area contributed by atoms with Crippen LogP contribution in [0.5, 0.6) is 0 Å². The van der Waals surface area contributed by atoms with Crippen molar-refractivity contribution in [3.8, 4) is 6.07 Å². The van der Waals surface area contributed by atoms with E-state index in [4.69, 9.17) is 11.6 Å². The van der Waals surface area contributed by atoms with Crippen LogP contribution in [-0.2, 0) is 11.2 Å². The number of nitro benzene ring substituents is 1. The molecule has 126 valence electrons. The lowest BCUT2D eigenvalue weighted by Gasteiger charge is -2.05. The van der Waals surface area contributed by atoms with Gasteiger partial charge < -0.3 is 5.32 Å². The molecule has 1 N–H and O–H groups in total. The molecule has 0 aliphatic carbocycles. The van der Waals surface area contributed by atoms with Crippen molar-refractivity contribution >= 4 is 35.0 Å². The molecule has 0 fully saturated rings. The van der Waals surface area contributed by atoms with Gasteiger partial charge in [-0.1, -0.05) is 36.7 Å². The quantitative estimate of drug-likeness (QED) is 0.373. The Morgan fingerprint density at radius 2 is 2.00 bits per heavy atom. The number of nitriles is 1. The van der Waals surface area contributed by atoms with E-state index >= 15 is 0 Å². The molecule has 0 spiro atoms. The molecule has 2 rings (SSSR count). The number of amides is 1. The van der Waals surface area contributed by atoms with Crippen LogP contribution < -0.4 is 5.32 Å². The van der Waals surface area contributed by atoms with E-state index in [9.17, 15) is 20.2 Å². The molecule has 6 nitrogen and oxygen atoms in total.